The molecule has 7 heteroatoms. The number of aryl methyl sites for hydroxylation is 1. The lowest BCUT2D eigenvalue weighted by Gasteiger charge is -2.32. The average Bonchev–Trinajstić information content (AvgIpc) is 3.37. The molecule has 0 radical (unpaired) electrons. The van der Waals surface area contributed by atoms with Crippen molar-refractivity contribution in [3.8, 4) is 0 Å². The van der Waals surface area contributed by atoms with Crippen LogP contribution in [0.15, 0.2) is 30.3 Å². The average molecular weight is 423 g/mol. The van der Waals surface area contributed by atoms with Gasteiger partial charge in [0.15, 0.2) is 5.82 Å². The van der Waals surface area contributed by atoms with E-state index in [2.05, 4.69) is 12.1 Å². The van der Waals surface area contributed by atoms with Crippen LogP contribution < -0.4 is 4.90 Å². The molecule has 0 saturated carbocycles. The van der Waals surface area contributed by atoms with Gasteiger partial charge in [0.05, 0.1) is 12.5 Å². The third-order valence-corrected chi connectivity index (χ3v) is 6.40. The number of benzene rings is 1. The molecular weight excluding hydrogens is 392 g/mol. The Morgan fingerprint density at radius 1 is 1.23 bits per heavy atom. The maximum Gasteiger partial charge on any atom is 0.254 e. The second-order valence-electron chi connectivity index (χ2n) is 8.80. The Labute approximate surface area is 183 Å². The summed E-state index contributed by atoms with van der Waals surface area (Å²) in [5.41, 5.74) is 2.01. The fourth-order valence-electron chi connectivity index (χ4n) is 4.37. The van der Waals surface area contributed by atoms with Crippen molar-refractivity contribution < 1.29 is 14.3 Å². The maximum absolute atomic E-state index is 13.1. The van der Waals surface area contributed by atoms with Crippen molar-refractivity contribution in [1.29, 1.82) is 0 Å². The van der Waals surface area contributed by atoms with Gasteiger partial charge in [-0.25, -0.2) is 9.97 Å². The number of carbonyl (C=O) groups excluding carboxylic acids is 2. The lowest BCUT2D eigenvalue weighted by atomic mass is 10.1. The van der Waals surface area contributed by atoms with Crippen LogP contribution in [-0.2, 0) is 27.2 Å². The lowest BCUT2D eigenvalue weighted by molar-refractivity contribution is -0.152. The van der Waals surface area contributed by atoms with Gasteiger partial charge < -0.3 is 9.64 Å². The predicted molar refractivity (Wildman–Crippen MR) is 118 cm³/mol. The lowest BCUT2D eigenvalue weighted by Crippen LogP contribution is -2.46. The standard InChI is InChI=1S/C24H30N4O3/c1-16-18-15-20(29)28(14-12-17-9-6-5-7-10-17)22(18)26-21(25-16)19-11-8-13-27(19)23(30)24(2,3)31-4/h5-7,9-10,19H,8,11-15H2,1-4H3/t19-/m0/s1. The molecule has 2 aliphatic rings. The summed E-state index contributed by atoms with van der Waals surface area (Å²) in [6, 6.07) is 9.94. The van der Waals surface area contributed by atoms with Crippen LogP contribution >= 0.6 is 0 Å². The molecule has 3 heterocycles. The van der Waals surface area contributed by atoms with Crippen molar-refractivity contribution >= 4 is 17.6 Å². The van der Waals surface area contributed by atoms with E-state index in [-0.39, 0.29) is 17.9 Å². The summed E-state index contributed by atoms with van der Waals surface area (Å²) in [4.78, 5) is 39.0. The molecular formula is C24H30N4O3. The van der Waals surface area contributed by atoms with Gasteiger partial charge in [-0.3, -0.25) is 14.5 Å². The first kappa shape index (κ1) is 21.4. The van der Waals surface area contributed by atoms with E-state index >= 15 is 0 Å². The summed E-state index contributed by atoms with van der Waals surface area (Å²) >= 11 is 0. The molecule has 164 valence electrons. The number of nitrogens with zero attached hydrogens (tertiary/aromatic N) is 4. The number of aromatic nitrogens is 2. The van der Waals surface area contributed by atoms with Gasteiger partial charge in [0, 0.05) is 31.5 Å². The third-order valence-electron chi connectivity index (χ3n) is 6.40. The van der Waals surface area contributed by atoms with Crippen molar-refractivity contribution in [3.63, 3.8) is 0 Å². The van der Waals surface area contributed by atoms with E-state index < -0.39 is 5.60 Å². The molecule has 1 aromatic heterocycles. The largest absolute Gasteiger partial charge is 0.369 e. The molecule has 7 nitrogen and oxygen atoms in total. The minimum absolute atomic E-state index is 0.0559. The zero-order valence-electron chi connectivity index (χ0n) is 18.7. The van der Waals surface area contributed by atoms with Crippen LogP contribution in [0.2, 0.25) is 0 Å². The fourth-order valence-corrected chi connectivity index (χ4v) is 4.37. The van der Waals surface area contributed by atoms with E-state index in [0.717, 1.165) is 30.5 Å². The third kappa shape index (κ3) is 4.06. The Morgan fingerprint density at radius 2 is 1.97 bits per heavy atom. The van der Waals surface area contributed by atoms with Crippen molar-refractivity contribution in [2.24, 2.45) is 0 Å². The van der Waals surface area contributed by atoms with Crippen molar-refractivity contribution in [2.45, 2.75) is 58.1 Å². The molecule has 0 unspecified atom stereocenters. The van der Waals surface area contributed by atoms with E-state index in [4.69, 9.17) is 14.7 Å². The van der Waals surface area contributed by atoms with Gasteiger partial charge in [-0.1, -0.05) is 30.3 Å². The van der Waals surface area contributed by atoms with Crippen molar-refractivity contribution in [1.82, 2.24) is 14.9 Å². The van der Waals surface area contributed by atoms with Gasteiger partial charge in [0.1, 0.15) is 11.4 Å². The van der Waals surface area contributed by atoms with Crippen LogP contribution in [0.5, 0.6) is 0 Å². The fraction of sp³-hybridized carbons (Fsp3) is 0.500. The zero-order chi connectivity index (χ0) is 22.2. The van der Waals surface area contributed by atoms with E-state index in [9.17, 15) is 9.59 Å². The molecule has 1 atom stereocenters. The Kier molecular flexibility index (Phi) is 5.79. The van der Waals surface area contributed by atoms with E-state index in [0.29, 0.717) is 31.2 Å². The molecule has 2 amide bonds. The number of fused-ring (bicyclic) bond motifs is 1. The summed E-state index contributed by atoms with van der Waals surface area (Å²) in [6.07, 6.45) is 2.80. The molecule has 0 bridgehead atoms. The summed E-state index contributed by atoms with van der Waals surface area (Å²) in [7, 11) is 1.55. The Morgan fingerprint density at radius 3 is 2.68 bits per heavy atom. The highest BCUT2D eigenvalue weighted by molar-refractivity contribution is 6.00. The summed E-state index contributed by atoms with van der Waals surface area (Å²) < 4.78 is 5.41. The first-order chi connectivity index (χ1) is 14.8. The van der Waals surface area contributed by atoms with Gasteiger partial charge in [-0.15, -0.1) is 0 Å². The quantitative estimate of drug-likeness (QED) is 0.715. The number of ether oxygens (including phenoxy) is 1. The Balaban J connectivity index is 1.61. The number of likely N-dealkylation sites (tertiary alicyclic amines) is 1. The molecule has 31 heavy (non-hydrogen) atoms. The SMILES string of the molecule is COC(C)(C)C(=O)N1CCC[C@H]1c1nc(C)c2c(n1)N(CCc1ccccc1)C(=O)C2. The molecule has 0 N–H and O–H groups in total. The van der Waals surface area contributed by atoms with Crippen LogP contribution in [0.4, 0.5) is 5.82 Å². The van der Waals surface area contributed by atoms with Gasteiger partial charge in [-0.2, -0.15) is 0 Å². The highest BCUT2D eigenvalue weighted by Gasteiger charge is 2.41. The number of hydrogen-bond acceptors (Lipinski definition) is 5. The molecule has 0 spiro atoms. The zero-order valence-corrected chi connectivity index (χ0v) is 18.7. The van der Waals surface area contributed by atoms with Crippen molar-refractivity contribution in [2.75, 3.05) is 25.1 Å². The number of hydrogen-bond donors (Lipinski definition) is 0. The van der Waals surface area contributed by atoms with E-state index in [1.54, 1.807) is 25.9 Å². The van der Waals surface area contributed by atoms with Gasteiger partial charge >= 0.3 is 0 Å². The molecule has 2 aromatic rings. The minimum atomic E-state index is -0.897. The van der Waals surface area contributed by atoms with Gasteiger partial charge in [-0.05, 0) is 45.6 Å². The van der Waals surface area contributed by atoms with Crippen LogP contribution in [0, 0.1) is 6.92 Å². The highest BCUT2D eigenvalue weighted by atomic mass is 16.5. The Hall–Kier alpha value is -2.80. The topological polar surface area (TPSA) is 75.6 Å². The first-order valence-corrected chi connectivity index (χ1v) is 10.9. The predicted octanol–water partition coefficient (Wildman–Crippen LogP) is 3.01. The van der Waals surface area contributed by atoms with Crippen LogP contribution in [0.1, 0.15) is 55.4 Å². The molecule has 1 aromatic carbocycles. The summed E-state index contributed by atoms with van der Waals surface area (Å²) in [6.45, 7) is 6.73. The Bertz CT molecular complexity index is 990. The second kappa shape index (κ2) is 8.38. The van der Waals surface area contributed by atoms with E-state index in [1.165, 1.54) is 5.56 Å². The number of anilines is 1. The number of methoxy groups -OCH3 is 1. The van der Waals surface area contributed by atoms with E-state index in [1.807, 2.05) is 30.0 Å². The van der Waals surface area contributed by atoms with Crippen LogP contribution in [0.25, 0.3) is 0 Å². The molecule has 1 fully saturated rings. The normalized spacial score (nSPS) is 18.6. The number of carbonyl (C=O) groups is 2. The number of rotatable bonds is 6. The monoisotopic (exact) mass is 422 g/mol. The summed E-state index contributed by atoms with van der Waals surface area (Å²) in [5, 5.41) is 0. The van der Waals surface area contributed by atoms with Crippen LogP contribution in [0.3, 0.4) is 0 Å². The minimum Gasteiger partial charge on any atom is -0.369 e. The summed E-state index contributed by atoms with van der Waals surface area (Å²) in [5.74, 6) is 1.32. The van der Waals surface area contributed by atoms with Crippen molar-refractivity contribution in [3.05, 3.63) is 53.0 Å². The maximum atomic E-state index is 13.1. The number of amides is 2. The van der Waals surface area contributed by atoms with Gasteiger partial charge in [0.2, 0.25) is 5.91 Å². The second-order valence-corrected chi connectivity index (χ2v) is 8.80. The smallest absolute Gasteiger partial charge is 0.254 e. The molecule has 1 saturated heterocycles. The van der Waals surface area contributed by atoms with Crippen LogP contribution in [-0.4, -0.2) is 52.5 Å². The van der Waals surface area contributed by atoms with Gasteiger partial charge in [0.25, 0.3) is 5.91 Å². The molecule has 2 aliphatic heterocycles. The first-order valence-electron chi connectivity index (χ1n) is 10.9. The molecule has 0 aliphatic carbocycles. The molecule has 4 rings (SSSR count). The highest BCUT2D eigenvalue weighted by Crippen LogP contribution is 2.36.